The fourth-order valence-electron chi connectivity index (χ4n) is 2.87. The zero-order chi connectivity index (χ0) is 16.4. The molecule has 2 aromatic rings. The Morgan fingerprint density at radius 2 is 1.78 bits per heavy atom. The quantitative estimate of drug-likeness (QED) is 0.871. The number of aromatic nitrogens is 1. The highest BCUT2D eigenvalue weighted by Crippen LogP contribution is 2.16. The normalized spacial score (nSPS) is 15.5. The highest BCUT2D eigenvalue weighted by Gasteiger charge is 2.22. The smallest absolute Gasteiger partial charge is 0.314 e. The van der Waals surface area contributed by atoms with Gasteiger partial charge in [0.15, 0.2) is 0 Å². The lowest BCUT2D eigenvalue weighted by molar-refractivity contribution is 0.0757. The zero-order valence-electron chi connectivity index (χ0n) is 13.2. The Labute approximate surface area is 134 Å². The monoisotopic (exact) mass is 312 g/mol. The lowest BCUT2D eigenvalue weighted by Crippen LogP contribution is -2.39. The van der Waals surface area contributed by atoms with Crippen LogP contribution in [-0.2, 0) is 0 Å². The molecule has 1 aromatic heterocycles. The maximum atomic E-state index is 12.7. The molecule has 0 spiro atoms. The van der Waals surface area contributed by atoms with Crippen molar-refractivity contribution < 1.29 is 9.59 Å². The van der Waals surface area contributed by atoms with Gasteiger partial charge in [0.25, 0.3) is 5.91 Å². The predicted octanol–water partition coefficient (Wildman–Crippen LogP) is 1.77. The molecule has 1 saturated heterocycles. The summed E-state index contributed by atoms with van der Waals surface area (Å²) in [7, 11) is 0. The van der Waals surface area contributed by atoms with E-state index in [1.165, 1.54) is 0 Å². The lowest BCUT2D eigenvalue weighted by atomic mass is 10.1. The van der Waals surface area contributed by atoms with Gasteiger partial charge in [-0.3, -0.25) is 4.79 Å². The lowest BCUT2D eigenvalue weighted by Gasteiger charge is -2.20. The van der Waals surface area contributed by atoms with Gasteiger partial charge in [0.2, 0.25) is 0 Å². The molecule has 6 nitrogen and oxygen atoms in total. The second-order valence-electron chi connectivity index (χ2n) is 5.86. The molecule has 2 N–H and O–H groups in total. The first kappa shape index (κ1) is 15.3. The molecule has 0 aliphatic carbocycles. The Hall–Kier alpha value is -2.63. The molecule has 2 heterocycles. The van der Waals surface area contributed by atoms with E-state index in [1.54, 1.807) is 15.9 Å². The summed E-state index contributed by atoms with van der Waals surface area (Å²) in [6.45, 7) is 4.17. The fraction of sp³-hybridized carbons (Fsp3) is 0.353. The van der Waals surface area contributed by atoms with Gasteiger partial charge in [-0.05, 0) is 31.5 Å². The molecule has 0 bridgehead atoms. The van der Waals surface area contributed by atoms with E-state index in [2.05, 4.69) is 4.98 Å². The number of carbonyl (C=O) groups excluding carboxylic acids is 2. The van der Waals surface area contributed by atoms with Gasteiger partial charge >= 0.3 is 6.03 Å². The number of carbonyl (C=O) groups is 2. The third-order valence-corrected chi connectivity index (χ3v) is 4.16. The van der Waals surface area contributed by atoms with Gasteiger partial charge in [0.05, 0.1) is 5.52 Å². The van der Waals surface area contributed by atoms with Crippen LogP contribution in [0.3, 0.4) is 0 Å². The van der Waals surface area contributed by atoms with Gasteiger partial charge in [-0.15, -0.1) is 0 Å². The standard InChI is InChI=1S/C17H20N4O2/c1-12-3-5-14-13(11-12)4-6-15(19-14)16(22)20-7-2-8-21(10-9-20)17(18)23/h3-6,11H,2,7-10H2,1H3,(H2,18,23). The molecule has 0 radical (unpaired) electrons. The zero-order valence-corrected chi connectivity index (χ0v) is 13.2. The summed E-state index contributed by atoms with van der Waals surface area (Å²) in [5.41, 5.74) is 7.73. The maximum Gasteiger partial charge on any atom is 0.314 e. The van der Waals surface area contributed by atoms with Crippen molar-refractivity contribution in [3.8, 4) is 0 Å². The average Bonchev–Trinajstić information content (AvgIpc) is 2.80. The highest BCUT2D eigenvalue weighted by molar-refractivity contribution is 5.95. The van der Waals surface area contributed by atoms with Crippen molar-refractivity contribution in [3.63, 3.8) is 0 Å². The van der Waals surface area contributed by atoms with E-state index in [9.17, 15) is 9.59 Å². The van der Waals surface area contributed by atoms with Gasteiger partial charge in [-0.1, -0.05) is 17.7 Å². The Morgan fingerprint density at radius 1 is 1.04 bits per heavy atom. The van der Waals surface area contributed by atoms with Crippen molar-refractivity contribution in [2.75, 3.05) is 26.2 Å². The van der Waals surface area contributed by atoms with E-state index in [-0.39, 0.29) is 5.91 Å². The molecule has 1 aromatic carbocycles. The first-order chi connectivity index (χ1) is 11.0. The molecule has 0 saturated carbocycles. The topological polar surface area (TPSA) is 79.5 Å². The van der Waals surface area contributed by atoms with Crippen molar-refractivity contribution >= 4 is 22.8 Å². The van der Waals surface area contributed by atoms with Crippen LogP contribution in [0.5, 0.6) is 0 Å². The second kappa shape index (κ2) is 6.24. The molecule has 23 heavy (non-hydrogen) atoms. The molecule has 6 heteroatoms. The van der Waals surface area contributed by atoms with Crippen LogP contribution < -0.4 is 5.73 Å². The van der Waals surface area contributed by atoms with E-state index in [1.807, 2.05) is 31.2 Å². The minimum Gasteiger partial charge on any atom is -0.351 e. The molecule has 1 fully saturated rings. The molecular formula is C17H20N4O2. The molecule has 0 atom stereocenters. The summed E-state index contributed by atoms with van der Waals surface area (Å²) < 4.78 is 0. The fourth-order valence-corrected chi connectivity index (χ4v) is 2.87. The van der Waals surface area contributed by atoms with Gasteiger partial charge < -0.3 is 15.5 Å². The molecule has 1 aliphatic rings. The summed E-state index contributed by atoms with van der Waals surface area (Å²) in [6.07, 6.45) is 0.724. The van der Waals surface area contributed by atoms with Crippen molar-refractivity contribution in [3.05, 3.63) is 41.6 Å². The average molecular weight is 312 g/mol. The largest absolute Gasteiger partial charge is 0.351 e. The van der Waals surface area contributed by atoms with Gasteiger partial charge in [0.1, 0.15) is 5.69 Å². The minimum absolute atomic E-state index is 0.0983. The van der Waals surface area contributed by atoms with Crippen LogP contribution in [0.1, 0.15) is 22.5 Å². The number of nitrogens with two attached hydrogens (primary N) is 1. The van der Waals surface area contributed by atoms with Crippen molar-refractivity contribution in [2.24, 2.45) is 5.73 Å². The number of primary amides is 1. The minimum atomic E-state index is -0.432. The molecular weight excluding hydrogens is 292 g/mol. The van der Waals surface area contributed by atoms with Crippen LogP contribution in [0.2, 0.25) is 0 Å². The second-order valence-corrected chi connectivity index (χ2v) is 5.86. The molecule has 1 aliphatic heterocycles. The number of pyridine rings is 1. The van der Waals surface area contributed by atoms with E-state index >= 15 is 0 Å². The summed E-state index contributed by atoms with van der Waals surface area (Å²) in [4.78, 5) is 31.7. The molecule has 3 amide bonds. The number of hydrogen-bond acceptors (Lipinski definition) is 3. The van der Waals surface area contributed by atoms with E-state index in [4.69, 9.17) is 5.73 Å². The van der Waals surface area contributed by atoms with E-state index < -0.39 is 6.03 Å². The first-order valence-corrected chi connectivity index (χ1v) is 7.75. The number of amides is 3. The van der Waals surface area contributed by atoms with Crippen molar-refractivity contribution in [1.29, 1.82) is 0 Å². The molecule has 120 valence electrons. The number of nitrogens with zero attached hydrogens (tertiary/aromatic N) is 3. The van der Waals surface area contributed by atoms with Gasteiger partial charge in [-0.25, -0.2) is 9.78 Å². The number of aryl methyl sites for hydroxylation is 1. The van der Waals surface area contributed by atoms with Crippen LogP contribution >= 0.6 is 0 Å². The summed E-state index contributed by atoms with van der Waals surface area (Å²) >= 11 is 0. The Balaban J connectivity index is 1.80. The Kier molecular flexibility index (Phi) is 4.14. The van der Waals surface area contributed by atoms with Crippen molar-refractivity contribution in [2.45, 2.75) is 13.3 Å². The summed E-state index contributed by atoms with van der Waals surface area (Å²) in [5.74, 6) is -0.0983. The highest BCUT2D eigenvalue weighted by atomic mass is 16.2. The Bertz CT molecular complexity index is 759. The number of rotatable bonds is 1. The van der Waals surface area contributed by atoms with Crippen LogP contribution in [0.4, 0.5) is 4.79 Å². The maximum absolute atomic E-state index is 12.7. The van der Waals surface area contributed by atoms with E-state index in [0.717, 1.165) is 22.9 Å². The molecule has 0 unspecified atom stereocenters. The first-order valence-electron chi connectivity index (χ1n) is 7.75. The van der Waals surface area contributed by atoms with Gasteiger partial charge in [-0.2, -0.15) is 0 Å². The molecule has 3 rings (SSSR count). The number of fused-ring (bicyclic) bond motifs is 1. The third kappa shape index (κ3) is 3.26. The summed E-state index contributed by atoms with van der Waals surface area (Å²) in [6, 6.07) is 9.22. The van der Waals surface area contributed by atoms with E-state index in [0.29, 0.717) is 31.9 Å². The van der Waals surface area contributed by atoms with Crippen LogP contribution in [-0.4, -0.2) is 52.9 Å². The van der Waals surface area contributed by atoms with Crippen LogP contribution in [0, 0.1) is 6.92 Å². The number of benzene rings is 1. The Morgan fingerprint density at radius 3 is 2.57 bits per heavy atom. The van der Waals surface area contributed by atoms with Crippen LogP contribution in [0.25, 0.3) is 10.9 Å². The number of urea groups is 1. The van der Waals surface area contributed by atoms with Gasteiger partial charge in [0, 0.05) is 31.6 Å². The summed E-state index contributed by atoms with van der Waals surface area (Å²) in [5, 5.41) is 1.03. The SMILES string of the molecule is Cc1ccc2nc(C(=O)N3CCCN(C(N)=O)CC3)ccc2c1. The third-order valence-electron chi connectivity index (χ3n) is 4.16. The predicted molar refractivity (Wildman–Crippen MR) is 88.2 cm³/mol. The van der Waals surface area contributed by atoms with Crippen LogP contribution in [0.15, 0.2) is 30.3 Å². The number of hydrogen-bond donors (Lipinski definition) is 1. The van der Waals surface area contributed by atoms with Crippen molar-refractivity contribution in [1.82, 2.24) is 14.8 Å².